The highest BCUT2D eigenvalue weighted by atomic mass is 16.6. The van der Waals surface area contributed by atoms with Crippen LogP contribution in [0.2, 0.25) is 0 Å². The third kappa shape index (κ3) is 2.20. The van der Waals surface area contributed by atoms with Gasteiger partial charge in [0.2, 0.25) is 5.60 Å². The maximum Gasteiger partial charge on any atom is 0.303 e. The van der Waals surface area contributed by atoms with Crippen LogP contribution in [0.4, 0.5) is 0 Å². The molecule has 0 radical (unpaired) electrons. The SMILES string of the molecule is CC(=O)O[C@]1(C(C)=O)C[C@@]2(c3ccccc3)O[C@@]1(c1ccccc1)c1ccccc12. The molecule has 30 heavy (non-hydrogen) atoms. The Morgan fingerprint density at radius 2 is 1.30 bits per heavy atom. The zero-order valence-electron chi connectivity index (χ0n) is 16.9. The Kier molecular flexibility index (Phi) is 3.99. The van der Waals surface area contributed by atoms with Crippen LogP contribution in [-0.2, 0) is 30.3 Å². The van der Waals surface area contributed by atoms with Crippen molar-refractivity contribution in [1.82, 2.24) is 0 Å². The van der Waals surface area contributed by atoms with Gasteiger partial charge in [0, 0.05) is 13.3 Å². The summed E-state index contributed by atoms with van der Waals surface area (Å²) in [5.74, 6) is -0.730. The Labute approximate surface area is 175 Å². The molecule has 2 aliphatic heterocycles. The van der Waals surface area contributed by atoms with Gasteiger partial charge in [-0.1, -0.05) is 84.9 Å². The highest BCUT2D eigenvalue weighted by molar-refractivity contribution is 5.92. The molecule has 0 spiro atoms. The third-order valence-electron chi connectivity index (χ3n) is 6.44. The van der Waals surface area contributed by atoms with Gasteiger partial charge in [0.1, 0.15) is 5.60 Å². The second-order valence-electron chi connectivity index (χ2n) is 8.04. The Morgan fingerprint density at radius 3 is 1.87 bits per heavy atom. The third-order valence-corrected chi connectivity index (χ3v) is 6.44. The number of ether oxygens (including phenoxy) is 2. The number of fused-ring (bicyclic) bond motifs is 5. The van der Waals surface area contributed by atoms with Gasteiger partial charge in [0.25, 0.3) is 0 Å². The highest BCUT2D eigenvalue weighted by Crippen LogP contribution is 2.68. The van der Waals surface area contributed by atoms with Gasteiger partial charge in [-0.3, -0.25) is 9.59 Å². The van der Waals surface area contributed by atoms with Crippen LogP contribution in [-0.4, -0.2) is 17.4 Å². The first kappa shape index (κ1) is 18.8. The molecule has 2 heterocycles. The average molecular weight is 398 g/mol. The average Bonchev–Trinajstić information content (AvgIpc) is 3.24. The second-order valence-corrected chi connectivity index (χ2v) is 8.04. The molecule has 1 fully saturated rings. The zero-order valence-corrected chi connectivity index (χ0v) is 16.9. The lowest BCUT2D eigenvalue weighted by Crippen LogP contribution is -2.57. The van der Waals surface area contributed by atoms with Crippen molar-refractivity contribution in [2.45, 2.75) is 37.1 Å². The molecule has 1 saturated heterocycles. The van der Waals surface area contributed by atoms with Gasteiger partial charge >= 0.3 is 5.97 Å². The minimum Gasteiger partial charge on any atom is -0.447 e. The molecule has 2 aliphatic rings. The molecule has 2 bridgehead atoms. The molecule has 3 atom stereocenters. The van der Waals surface area contributed by atoms with E-state index in [1.165, 1.54) is 13.8 Å². The van der Waals surface area contributed by atoms with E-state index < -0.39 is 22.8 Å². The van der Waals surface area contributed by atoms with Gasteiger partial charge in [-0.15, -0.1) is 0 Å². The van der Waals surface area contributed by atoms with Crippen LogP contribution in [0.3, 0.4) is 0 Å². The lowest BCUT2D eigenvalue weighted by molar-refractivity contribution is -0.181. The first-order chi connectivity index (χ1) is 14.5. The zero-order chi connectivity index (χ0) is 21.0. The molecule has 4 heteroatoms. The van der Waals surface area contributed by atoms with Gasteiger partial charge in [0.15, 0.2) is 11.4 Å². The number of hydrogen-bond acceptors (Lipinski definition) is 4. The number of esters is 1. The fourth-order valence-electron chi connectivity index (χ4n) is 5.36. The van der Waals surface area contributed by atoms with Gasteiger partial charge in [-0.2, -0.15) is 0 Å². The summed E-state index contributed by atoms with van der Waals surface area (Å²) in [4.78, 5) is 25.6. The van der Waals surface area contributed by atoms with Crippen LogP contribution in [0.1, 0.15) is 42.5 Å². The first-order valence-electron chi connectivity index (χ1n) is 10.1. The molecule has 0 unspecified atom stereocenters. The first-order valence-corrected chi connectivity index (χ1v) is 10.1. The van der Waals surface area contributed by atoms with E-state index in [2.05, 4.69) is 0 Å². The van der Waals surface area contributed by atoms with E-state index in [9.17, 15) is 9.59 Å². The number of hydrogen-bond donors (Lipinski definition) is 0. The molecule has 0 amide bonds. The molecule has 150 valence electrons. The Morgan fingerprint density at radius 1 is 0.767 bits per heavy atom. The van der Waals surface area contributed by atoms with Crippen molar-refractivity contribution in [2.75, 3.05) is 0 Å². The van der Waals surface area contributed by atoms with Crippen molar-refractivity contribution in [1.29, 1.82) is 0 Å². The van der Waals surface area contributed by atoms with Crippen LogP contribution in [0, 0.1) is 0 Å². The topological polar surface area (TPSA) is 52.6 Å². The monoisotopic (exact) mass is 398 g/mol. The Bertz CT molecular complexity index is 1140. The van der Waals surface area contributed by atoms with Crippen molar-refractivity contribution < 1.29 is 19.1 Å². The van der Waals surface area contributed by atoms with Crippen molar-refractivity contribution in [2.24, 2.45) is 0 Å². The molecule has 4 nitrogen and oxygen atoms in total. The van der Waals surface area contributed by atoms with Crippen molar-refractivity contribution in [3.63, 3.8) is 0 Å². The summed E-state index contributed by atoms with van der Waals surface area (Å²) < 4.78 is 12.9. The largest absolute Gasteiger partial charge is 0.447 e. The Hall–Kier alpha value is -3.24. The van der Waals surface area contributed by atoms with Gasteiger partial charge in [-0.05, 0) is 29.2 Å². The molecular formula is C26H22O4. The number of benzene rings is 3. The molecule has 0 saturated carbocycles. The smallest absolute Gasteiger partial charge is 0.303 e. The predicted octanol–water partition coefficient (Wildman–Crippen LogP) is 4.50. The lowest BCUT2D eigenvalue weighted by Gasteiger charge is -2.43. The fourth-order valence-corrected chi connectivity index (χ4v) is 5.36. The van der Waals surface area contributed by atoms with Crippen LogP contribution in [0.15, 0.2) is 84.9 Å². The number of carbonyl (C=O) groups is 2. The molecule has 5 rings (SSSR count). The van der Waals surface area contributed by atoms with E-state index in [4.69, 9.17) is 9.47 Å². The normalized spacial score (nSPS) is 28.7. The minimum atomic E-state index is -1.47. The van der Waals surface area contributed by atoms with Crippen molar-refractivity contribution >= 4 is 11.8 Å². The summed E-state index contributed by atoms with van der Waals surface area (Å²) in [6, 6.07) is 27.4. The summed E-state index contributed by atoms with van der Waals surface area (Å²) in [7, 11) is 0. The molecular weight excluding hydrogens is 376 g/mol. The number of carbonyl (C=O) groups excluding carboxylic acids is 2. The quantitative estimate of drug-likeness (QED) is 0.608. The number of Topliss-reactive ketones (excluding diaryl/α,β-unsaturated/α-hetero) is 1. The van der Waals surface area contributed by atoms with E-state index in [0.717, 1.165) is 22.3 Å². The number of ketones is 1. The summed E-state index contributed by atoms with van der Waals surface area (Å²) >= 11 is 0. The standard InChI is InChI=1S/C26H22O4/c1-18(27)25(29-19(2)28)17-24(20-11-5-3-6-12-20)22-15-9-10-16-23(22)26(25,30-24)21-13-7-4-8-14-21/h3-16H,17H2,1-2H3/t24-,25-,26-/m0/s1. The molecule has 0 aliphatic carbocycles. The van der Waals surface area contributed by atoms with E-state index in [1.807, 2.05) is 84.9 Å². The van der Waals surface area contributed by atoms with Crippen LogP contribution >= 0.6 is 0 Å². The van der Waals surface area contributed by atoms with E-state index >= 15 is 0 Å². The molecule has 0 aromatic heterocycles. The van der Waals surface area contributed by atoms with Crippen molar-refractivity contribution in [3.05, 3.63) is 107 Å². The van der Waals surface area contributed by atoms with Gasteiger partial charge < -0.3 is 9.47 Å². The fraction of sp³-hybridized carbons (Fsp3) is 0.231. The van der Waals surface area contributed by atoms with Gasteiger partial charge in [-0.25, -0.2) is 0 Å². The van der Waals surface area contributed by atoms with E-state index in [1.54, 1.807) is 0 Å². The van der Waals surface area contributed by atoms with Crippen LogP contribution in [0.5, 0.6) is 0 Å². The second kappa shape index (κ2) is 6.38. The maximum atomic E-state index is 13.3. The van der Waals surface area contributed by atoms with E-state index in [0.29, 0.717) is 0 Å². The highest BCUT2D eigenvalue weighted by Gasteiger charge is 2.76. The number of rotatable bonds is 4. The Balaban J connectivity index is 1.90. The van der Waals surface area contributed by atoms with Gasteiger partial charge in [0.05, 0.1) is 0 Å². The molecule has 3 aromatic carbocycles. The van der Waals surface area contributed by atoms with Crippen LogP contribution < -0.4 is 0 Å². The summed E-state index contributed by atoms with van der Waals surface area (Å²) in [5.41, 5.74) is 0.0128. The predicted molar refractivity (Wildman–Crippen MR) is 112 cm³/mol. The molecule has 0 N–H and O–H groups in total. The summed E-state index contributed by atoms with van der Waals surface area (Å²) in [6.45, 7) is 2.83. The van der Waals surface area contributed by atoms with Crippen molar-refractivity contribution in [3.8, 4) is 0 Å². The molecule has 3 aromatic rings. The van der Waals surface area contributed by atoms with E-state index in [-0.39, 0.29) is 12.2 Å². The lowest BCUT2D eigenvalue weighted by atomic mass is 9.62. The maximum absolute atomic E-state index is 13.3. The minimum absolute atomic E-state index is 0.227. The van der Waals surface area contributed by atoms with Crippen LogP contribution in [0.25, 0.3) is 0 Å². The summed E-state index contributed by atoms with van der Waals surface area (Å²) in [5, 5.41) is 0. The summed E-state index contributed by atoms with van der Waals surface area (Å²) in [6.07, 6.45) is 0.227.